The molecular weight excluding hydrogens is 409 g/mol. The first-order chi connectivity index (χ1) is 15.3. The monoisotopic (exact) mass is 435 g/mol. The van der Waals surface area contributed by atoms with Gasteiger partial charge in [-0.1, -0.05) is 54.1 Å². The quantitative estimate of drug-likeness (QED) is 0.459. The van der Waals surface area contributed by atoms with E-state index in [4.69, 9.17) is 9.84 Å². The molecule has 3 aromatic rings. The zero-order chi connectivity index (χ0) is 23.1. The van der Waals surface area contributed by atoms with E-state index in [1.807, 2.05) is 19.1 Å². The minimum atomic E-state index is -0.908. The summed E-state index contributed by atoms with van der Waals surface area (Å²) >= 11 is 0. The standard InChI is InChI=1S/C26H26FNO4/c1-18-6-8-20(9-7-18)26(31)21-4-3-5-23(16-21)32-24(14-15-28(2)17-25(29)30)19-10-12-22(27)13-11-19/h3-13,16,24H,14-15,17H2,1-2H3,(H,29,30). The lowest BCUT2D eigenvalue weighted by Gasteiger charge is -2.23. The Hall–Kier alpha value is -3.51. The fourth-order valence-corrected chi connectivity index (χ4v) is 3.37. The van der Waals surface area contributed by atoms with Crippen LogP contribution in [0.4, 0.5) is 4.39 Å². The molecule has 0 aliphatic carbocycles. The molecule has 166 valence electrons. The maximum Gasteiger partial charge on any atom is 0.317 e. The SMILES string of the molecule is Cc1ccc(C(=O)c2cccc(OC(CCN(C)CC(=O)O)c3ccc(F)cc3)c2)cc1. The van der Waals surface area contributed by atoms with Crippen molar-refractivity contribution in [1.29, 1.82) is 0 Å². The molecular formula is C26H26FNO4. The van der Waals surface area contributed by atoms with Gasteiger partial charge in [0, 0.05) is 24.1 Å². The molecule has 1 unspecified atom stereocenters. The highest BCUT2D eigenvalue weighted by molar-refractivity contribution is 6.09. The molecule has 0 saturated carbocycles. The van der Waals surface area contributed by atoms with Crippen LogP contribution in [0.1, 0.15) is 39.6 Å². The average Bonchev–Trinajstić information content (AvgIpc) is 2.77. The Balaban J connectivity index is 1.79. The molecule has 0 aromatic heterocycles. The molecule has 0 saturated heterocycles. The summed E-state index contributed by atoms with van der Waals surface area (Å²) in [5, 5.41) is 8.98. The molecule has 3 aromatic carbocycles. The van der Waals surface area contributed by atoms with E-state index >= 15 is 0 Å². The summed E-state index contributed by atoms with van der Waals surface area (Å²) in [7, 11) is 1.72. The van der Waals surface area contributed by atoms with Gasteiger partial charge in [-0.15, -0.1) is 0 Å². The number of hydrogen-bond donors (Lipinski definition) is 1. The largest absolute Gasteiger partial charge is 0.486 e. The number of halogens is 1. The van der Waals surface area contributed by atoms with E-state index in [9.17, 15) is 14.0 Å². The van der Waals surface area contributed by atoms with E-state index in [1.165, 1.54) is 12.1 Å². The highest BCUT2D eigenvalue weighted by Gasteiger charge is 2.17. The van der Waals surface area contributed by atoms with E-state index in [0.29, 0.717) is 29.8 Å². The van der Waals surface area contributed by atoms with Gasteiger partial charge in [0.15, 0.2) is 5.78 Å². The van der Waals surface area contributed by atoms with Crippen LogP contribution in [-0.4, -0.2) is 41.9 Å². The summed E-state index contributed by atoms with van der Waals surface area (Å²) in [6.07, 6.45) is 0.0579. The maximum absolute atomic E-state index is 13.4. The van der Waals surface area contributed by atoms with E-state index < -0.39 is 12.1 Å². The van der Waals surface area contributed by atoms with Crippen molar-refractivity contribution in [2.45, 2.75) is 19.4 Å². The van der Waals surface area contributed by atoms with Gasteiger partial charge in [-0.3, -0.25) is 14.5 Å². The highest BCUT2D eigenvalue weighted by Crippen LogP contribution is 2.27. The molecule has 0 bridgehead atoms. The average molecular weight is 435 g/mol. The van der Waals surface area contributed by atoms with Crippen LogP contribution in [0, 0.1) is 12.7 Å². The number of nitrogens with zero attached hydrogens (tertiary/aromatic N) is 1. The predicted molar refractivity (Wildman–Crippen MR) is 121 cm³/mol. The third-order valence-electron chi connectivity index (χ3n) is 5.11. The molecule has 0 heterocycles. The number of carboxylic acids is 1. The normalized spacial score (nSPS) is 11.9. The fourth-order valence-electron chi connectivity index (χ4n) is 3.37. The van der Waals surface area contributed by atoms with Gasteiger partial charge in [0.05, 0.1) is 6.54 Å². The van der Waals surface area contributed by atoms with Gasteiger partial charge >= 0.3 is 5.97 Å². The first-order valence-corrected chi connectivity index (χ1v) is 10.4. The number of aryl methyl sites for hydroxylation is 1. The van der Waals surface area contributed by atoms with Crippen molar-refractivity contribution >= 4 is 11.8 Å². The van der Waals surface area contributed by atoms with Crippen LogP contribution in [0.3, 0.4) is 0 Å². The lowest BCUT2D eigenvalue weighted by molar-refractivity contribution is -0.138. The lowest BCUT2D eigenvalue weighted by Crippen LogP contribution is -2.28. The highest BCUT2D eigenvalue weighted by atomic mass is 19.1. The molecule has 0 fully saturated rings. The van der Waals surface area contributed by atoms with Crippen LogP contribution in [0.5, 0.6) is 5.75 Å². The van der Waals surface area contributed by atoms with Gasteiger partial charge in [-0.2, -0.15) is 0 Å². The Morgan fingerprint density at radius 3 is 2.34 bits per heavy atom. The van der Waals surface area contributed by atoms with Gasteiger partial charge in [0.25, 0.3) is 0 Å². The minimum Gasteiger partial charge on any atom is -0.486 e. The number of benzene rings is 3. The Bertz CT molecular complexity index is 1060. The number of carbonyl (C=O) groups excluding carboxylic acids is 1. The number of aliphatic carboxylic acids is 1. The fraction of sp³-hybridized carbons (Fsp3) is 0.231. The molecule has 5 nitrogen and oxygen atoms in total. The van der Waals surface area contributed by atoms with Gasteiger partial charge in [0.1, 0.15) is 17.7 Å². The maximum atomic E-state index is 13.4. The minimum absolute atomic E-state index is 0.0866. The van der Waals surface area contributed by atoms with Crippen LogP contribution in [-0.2, 0) is 4.79 Å². The van der Waals surface area contributed by atoms with Crippen molar-refractivity contribution in [2.24, 2.45) is 0 Å². The van der Waals surface area contributed by atoms with Crippen LogP contribution in [0.25, 0.3) is 0 Å². The Morgan fingerprint density at radius 2 is 1.69 bits per heavy atom. The summed E-state index contributed by atoms with van der Waals surface area (Å²) in [4.78, 5) is 25.5. The van der Waals surface area contributed by atoms with Crippen molar-refractivity contribution in [2.75, 3.05) is 20.1 Å². The van der Waals surface area contributed by atoms with Crippen LogP contribution >= 0.6 is 0 Å². The summed E-state index contributed by atoms with van der Waals surface area (Å²) in [5.41, 5.74) is 2.95. The molecule has 3 rings (SSSR count). The first-order valence-electron chi connectivity index (χ1n) is 10.4. The Morgan fingerprint density at radius 1 is 1.00 bits per heavy atom. The van der Waals surface area contributed by atoms with E-state index in [2.05, 4.69) is 0 Å². The second-order valence-corrected chi connectivity index (χ2v) is 7.80. The second kappa shape index (κ2) is 10.7. The first kappa shape index (κ1) is 23.2. The zero-order valence-corrected chi connectivity index (χ0v) is 18.1. The van der Waals surface area contributed by atoms with Gasteiger partial charge in [-0.05, 0) is 43.8 Å². The molecule has 0 aliphatic rings. The number of ether oxygens (including phenoxy) is 1. The van der Waals surface area contributed by atoms with Crippen molar-refractivity contribution in [3.05, 3.63) is 101 Å². The third-order valence-corrected chi connectivity index (χ3v) is 5.11. The second-order valence-electron chi connectivity index (χ2n) is 7.80. The number of likely N-dealkylation sites (N-methyl/N-ethyl adjacent to an activating group) is 1. The molecule has 0 spiro atoms. The van der Waals surface area contributed by atoms with Crippen molar-refractivity contribution in [3.63, 3.8) is 0 Å². The molecule has 1 atom stereocenters. The zero-order valence-electron chi connectivity index (χ0n) is 18.1. The van der Waals surface area contributed by atoms with Crippen molar-refractivity contribution in [3.8, 4) is 5.75 Å². The Kier molecular flexibility index (Phi) is 7.73. The summed E-state index contributed by atoms with van der Waals surface area (Å²) in [6.45, 7) is 2.35. The lowest BCUT2D eigenvalue weighted by atomic mass is 10.0. The van der Waals surface area contributed by atoms with Crippen molar-refractivity contribution in [1.82, 2.24) is 4.90 Å². The third kappa shape index (κ3) is 6.49. The molecule has 6 heteroatoms. The molecule has 32 heavy (non-hydrogen) atoms. The van der Waals surface area contributed by atoms with E-state index in [-0.39, 0.29) is 18.1 Å². The van der Waals surface area contributed by atoms with E-state index in [0.717, 1.165) is 11.1 Å². The smallest absolute Gasteiger partial charge is 0.317 e. The number of ketones is 1. The topological polar surface area (TPSA) is 66.8 Å². The summed E-state index contributed by atoms with van der Waals surface area (Å²) in [6, 6.07) is 20.4. The number of hydrogen-bond acceptors (Lipinski definition) is 4. The predicted octanol–water partition coefficient (Wildman–Crippen LogP) is 4.89. The summed E-state index contributed by atoms with van der Waals surface area (Å²) in [5.74, 6) is -0.844. The molecule has 0 amide bonds. The van der Waals surface area contributed by atoms with Crippen LogP contribution < -0.4 is 4.74 Å². The number of rotatable bonds is 10. The van der Waals surface area contributed by atoms with Crippen molar-refractivity contribution < 1.29 is 23.8 Å². The molecule has 0 aliphatic heterocycles. The molecule has 1 N–H and O–H groups in total. The Labute approximate surface area is 187 Å². The number of carboxylic acid groups (broad SMARTS) is 1. The van der Waals surface area contributed by atoms with Gasteiger partial charge < -0.3 is 9.84 Å². The van der Waals surface area contributed by atoms with Gasteiger partial charge in [-0.25, -0.2) is 4.39 Å². The van der Waals surface area contributed by atoms with Crippen LogP contribution in [0.2, 0.25) is 0 Å². The van der Waals surface area contributed by atoms with Crippen LogP contribution in [0.15, 0.2) is 72.8 Å². The van der Waals surface area contributed by atoms with Gasteiger partial charge in [0.2, 0.25) is 0 Å². The number of carbonyl (C=O) groups is 2. The molecule has 0 radical (unpaired) electrons. The summed E-state index contributed by atoms with van der Waals surface area (Å²) < 4.78 is 19.6. The van der Waals surface area contributed by atoms with E-state index in [1.54, 1.807) is 60.5 Å².